The number of rotatable bonds is 8. The van der Waals surface area contributed by atoms with Crippen LogP contribution in [0.25, 0.3) is 0 Å². The Morgan fingerprint density at radius 1 is 1.03 bits per heavy atom. The number of amides is 2. The highest BCUT2D eigenvalue weighted by atomic mass is 19.3. The molecule has 2 aliphatic rings. The third-order valence-electron chi connectivity index (χ3n) is 6.26. The maximum Gasteiger partial charge on any atom is 0.387 e. The number of nitrogens with one attached hydrogen (secondary N) is 1. The second kappa shape index (κ2) is 12.0. The van der Waals surface area contributed by atoms with E-state index in [-0.39, 0.29) is 29.9 Å². The molecule has 2 fully saturated rings. The predicted molar refractivity (Wildman–Crippen MR) is 126 cm³/mol. The van der Waals surface area contributed by atoms with Crippen molar-refractivity contribution in [3.63, 3.8) is 0 Å². The van der Waals surface area contributed by atoms with Crippen LogP contribution in [0, 0.1) is 5.92 Å². The fourth-order valence-electron chi connectivity index (χ4n) is 4.44. The molecule has 2 saturated heterocycles. The normalized spacial score (nSPS) is 20.4. The molecule has 2 aromatic rings. The molecule has 2 aliphatic heterocycles. The summed E-state index contributed by atoms with van der Waals surface area (Å²) in [6.45, 7) is -1.25. The van der Waals surface area contributed by atoms with Crippen LogP contribution in [0.3, 0.4) is 0 Å². The van der Waals surface area contributed by atoms with E-state index in [0.717, 1.165) is 25.9 Å². The van der Waals surface area contributed by atoms with Crippen LogP contribution in [-0.4, -0.2) is 55.7 Å². The lowest BCUT2D eigenvalue weighted by atomic mass is 9.96. The number of piperidine rings is 1. The van der Waals surface area contributed by atoms with Gasteiger partial charge in [0.1, 0.15) is 18.1 Å². The first-order valence-electron chi connectivity index (χ1n) is 12.0. The number of carbonyl (C=O) groups excluding carboxylic acids is 2. The molecule has 9 heteroatoms. The quantitative estimate of drug-likeness (QED) is 0.582. The van der Waals surface area contributed by atoms with Gasteiger partial charge in [-0.05, 0) is 56.4 Å². The van der Waals surface area contributed by atoms with Crippen molar-refractivity contribution in [2.45, 2.75) is 44.8 Å². The third-order valence-corrected chi connectivity index (χ3v) is 6.26. The van der Waals surface area contributed by atoms with Crippen molar-refractivity contribution in [3.8, 4) is 11.5 Å². The van der Waals surface area contributed by atoms with Gasteiger partial charge in [0, 0.05) is 19.7 Å². The molecule has 2 unspecified atom stereocenters. The standard InChI is InChI=1S/C26H30F2N2O5/c27-26(28)35-22-12-3-1-10-20(22)25(32)30-14-7-8-18(16-30)24(31)29-21-11-2-4-13-23(21)34-17-19-9-5-6-15-33-19/h1-4,10-13,18-19,26H,5-9,14-17H2,(H,29,31). The van der Waals surface area contributed by atoms with Crippen molar-refractivity contribution in [1.29, 1.82) is 0 Å². The van der Waals surface area contributed by atoms with Crippen LogP contribution in [0.1, 0.15) is 42.5 Å². The highest BCUT2D eigenvalue weighted by Gasteiger charge is 2.31. The number of anilines is 1. The number of halogens is 2. The Morgan fingerprint density at radius 3 is 2.57 bits per heavy atom. The third kappa shape index (κ3) is 6.69. The van der Waals surface area contributed by atoms with Crippen molar-refractivity contribution in [2.75, 3.05) is 31.6 Å². The van der Waals surface area contributed by atoms with E-state index in [1.165, 1.54) is 23.1 Å². The summed E-state index contributed by atoms with van der Waals surface area (Å²) in [5, 5.41) is 2.94. The van der Waals surface area contributed by atoms with Crippen LogP contribution in [-0.2, 0) is 9.53 Å². The van der Waals surface area contributed by atoms with Crippen molar-refractivity contribution >= 4 is 17.5 Å². The first kappa shape index (κ1) is 24.9. The van der Waals surface area contributed by atoms with E-state index in [2.05, 4.69) is 10.1 Å². The number of alkyl halides is 2. The van der Waals surface area contributed by atoms with Crippen molar-refractivity contribution in [3.05, 3.63) is 54.1 Å². The van der Waals surface area contributed by atoms with E-state index in [0.29, 0.717) is 37.4 Å². The second-order valence-electron chi connectivity index (χ2n) is 8.75. The Kier molecular flexibility index (Phi) is 8.52. The minimum Gasteiger partial charge on any atom is -0.489 e. The molecule has 35 heavy (non-hydrogen) atoms. The maximum atomic E-state index is 13.1. The summed E-state index contributed by atoms with van der Waals surface area (Å²) in [7, 11) is 0. The molecule has 7 nitrogen and oxygen atoms in total. The number of nitrogens with zero attached hydrogens (tertiary/aromatic N) is 1. The summed E-state index contributed by atoms with van der Waals surface area (Å²) in [5.74, 6) is -0.700. The second-order valence-corrected chi connectivity index (χ2v) is 8.75. The fourth-order valence-corrected chi connectivity index (χ4v) is 4.44. The Bertz CT molecular complexity index is 1010. The molecular weight excluding hydrogens is 458 g/mol. The fraction of sp³-hybridized carbons (Fsp3) is 0.462. The molecule has 4 rings (SSSR count). The van der Waals surface area contributed by atoms with Gasteiger partial charge in [-0.2, -0.15) is 8.78 Å². The Hall–Kier alpha value is -3.20. The highest BCUT2D eigenvalue weighted by Crippen LogP contribution is 2.28. The molecule has 0 spiro atoms. The zero-order valence-electron chi connectivity index (χ0n) is 19.5. The molecule has 1 N–H and O–H groups in total. The van der Waals surface area contributed by atoms with Crippen molar-refractivity contribution in [2.24, 2.45) is 5.92 Å². The highest BCUT2D eigenvalue weighted by molar-refractivity contribution is 5.98. The van der Waals surface area contributed by atoms with Gasteiger partial charge >= 0.3 is 6.61 Å². The van der Waals surface area contributed by atoms with Crippen LogP contribution in [0.4, 0.5) is 14.5 Å². The topological polar surface area (TPSA) is 77.1 Å². The number of ether oxygens (including phenoxy) is 3. The first-order chi connectivity index (χ1) is 17.0. The summed E-state index contributed by atoms with van der Waals surface area (Å²) in [5.41, 5.74) is 0.616. The predicted octanol–water partition coefficient (Wildman–Crippen LogP) is 4.73. The van der Waals surface area contributed by atoms with Crippen molar-refractivity contribution in [1.82, 2.24) is 4.90 Å². The van der Waals surface area contributed by atoms with E-state index >= 15 is 0 Å². The van der Waals surface area contributed by atoms with Crippen LogP contribution in [0.15, 0.2) is 48.5 Å². The number of benzene rings is 2. The number of hydrogen-bond donors (Lipinski definition) is 1. The van der Waals surface area contributed by atoms with E-state index in [4.69, 9.17) is 9.47 Å². The zero-order valence-corrected chi connectivity index (χ0v) is 19.5. The molecule has 0 radical (unpaired) electrons. The Labute approximate surface area is 203 Å². The summed E-state index contributed by atoms with van der Waals surface area (Å²) in [4.78, 5) is 27.7. The van der Waals surface area contributed by atoms with Gasteiger partial charge in [0.2, 0.25) is 5.91 Å². The number of hydrogen-bond acceptors (Lipinski definition) is 5. The molecule has 0 aliphatic carbocycles. The van der Waals surface area contributed by atoms with E-state index < -0.39 is 18.4 Å². The average Bonchev–Trinajstić information content (AvgIpc) is 2.88. The summed E-state index contributed by atoms with van der Waals surface area (Å²) in [6, 6.07) is 13.1. The molecule has 2 heterocycles. The van der Waals surface area contributed by atoms with E-state index in [1.54, 1.807) is 18.2 Å². The van der Waals surface area contributed by atoms with E-state index in [9.17, 15) is 18.4 Å². The lowest BCUT2D eigenvalue weighted by Crippen LogP contribution is -2.44. The molecule has 2 atom stereocenters. The minimum absolute atomic E-state index is 0.0438. The van der Waals surface area contributed by atoms with Gasteiger partial charge in [-0.3, -0.25) is 9.59 Å². The zero-order chi connectivity index (χ0) is 24.6. The number of para-hydroxylation sites is 3. The largest absolute Gasteiger partial charge is 0.489 e. The van der Waals surface area contributed by atoms with Crippen LogP contribution in [0.5, 0.6) is 11.5 Å². The van der Waals surface area contributed by atoms with Gasteiger partial charge in [-0.15, -0.1) is 0 Å². The monoisotopic (exact) mass is 488 g/mol. The first-order valence-corrected chi connectivity index (χ1v) is 12.0. The van der Waals surface area contributed by atoms with Gasteiger partial charge in [0.25, 0.3) is 5.91 Å². The SMILES string of the molecule is O=C(Nc1ccccc1OCC1CCCCO1)C1CCCN(C(=O)c2ccccc2OC(F)F)C1. The van der Waals surface area contributed by atoms with Gasteiger partial charge in [-0.1, -0.05) is 24.3 Å². The van der Waals surface area contributed by atoms with Gasteiger partial charge in [-0.25, -0.2) is 0 Å². The average molecular weight is 489 g/mol. The lowest BCUT2D eigenvalue weighted by Gasteiger charge is -2.32. The Balaban J connectivity index is 1.38. The number of carbonyl (C=O) groups is 2. The van der Waals surface area contributed by atoms with Crippen LogP contribution < -0.4 is 14.8 Å². The summed E-state index contributed by atoms with van der Waals surface area (Å²) < 4.78 is 41.7. The Morgan fingerprint density at radius 2 is 1.80 bits per heavy atom. The molecule has 2 aromatic carbocycles. The molecule has 0 saturated carbocycles. The molecule has 188 valence electrons. The van der Waals surface area contributed by atoms with Gasteiger partial charge < -0.3 is 24.4 Å². The molecule has 0 aromatic heterocycles. The molecule has 0 bridgehead atoms. The summed E-state index contributed by atoms with van der Waals surface area (Å²) >= 11 is 0. The van der Waals surface area contributed by atoms with Crippen LogP contribution in [0.2, 0.25) is 0 Å². The van der Waals surface area contributed by atoms with Gasteiger partial charge in [0.15, 0.2) is 0 Å². The molecular formula is C26H30F2N2O5. The molecule has 2 amide bonds. The number of likely N-dealkylation sites (tertiary alicyclic amines) is 1. The maximum absolute atomic E-state index is 13.1. The summed E-state index contributed by atoms with van der Waals surface area (Å²) in [6.07, 6.45) is 4.41. The smallest absolute Gasteiger partial charge is 0.387 e. The minimum atomic E-state index is -3.03. The lowest BCUT2D eigenvalue weighted by molar-refractivity contribution is -0.121. The van der Waals surface area contributed by atoms with Crippen molar-refractivity contribution < 1.29 is 32.6 Å². The van der Waals surface area contributed by atoms with Gasteiger partial charge in [0.05, 0.1) is 23.3 Å². The van der Waals surface area contributed by atoms with E-state index in [1.807, 2.05) is 12.1 Å². The van der Waals surface area contributed by atoms with Crippen LogP contribution >= 0.6 is 0 Å².